The Hall–Kier alpha value is -1.39. The third-order valence-electron chi connectivity index (χ3n) is 2.97. The number of aliphatic hydroxyl groups is 1. The Morgan fingerprint density at radius 1 is 1.47 bits per heavy atom. The zero-order valence-corrected chi connectivity index (χ0v) is 12.0. The van der Waals surface area contributed by atoms with Crippen molar-refractivity contribution in [2.24, 2.45) is 0 Å². The largest absolute Gasteiger partial charge is 0.395 e. The van der Waals surface area contributed by atoms with Crippen LogP contribution in [0.25, 0.3) is 0 Å². The fourth-order valence-electron chi connectivity index (χ4n) is 1.92. The van der Waals surface area contributed by atoms with Crippen molar-refractivity contribution in [2.45, 2.75) is 26.8 Å². The van der Waals surface area contributed by atoms with E-state index in [-0.39, 0.29) is 6.61 Å². The van der Waals surface area contributed by atoms with Crippen LogP contribution in [0.4, 0.5) is 5.82 Å². The monoisotopic (exact) mass is 263 g/mol. The Morgan fingerprint density at radius 3 is 2.84 bits per heavy atom. The maximum Gasteiger partial charge on any atom is 0.129 e. The minimum atomic E-state index is 0.119. The summed E-state index contributed by atoms with van der Waals surface area (Å²) in [6.45, 7) is 11.2. The molecule has 0 unspecified atom stereocenters. The second kappa shape index (κ2) is 8.67. The van der Waals surface area contributed by atoms with Crippen molar-refractivity contribution < 1.29 is 5.11 Å². The van der Waals surface area contributed by atoms with Crippen LogP contribution in [0, 0.1) is 6.92 Å². The fourth-order valence-corrected chi connectivity index (χ4v) is 1.92. The van der Waals surface area contributed by atoms with Crippen LogP contribution < -0.4 is 10.2 Å². The van der Waals surface area contributed by atoms with Gasteiger partial charge in [-0.25, -0.2) is 4.98 Å². The van der Waals surface area contributed by atoms with E-state index < -0.39 is 0 Å². The first kappa shape index (κ1) is 15.7. The zero-order chi connectivity index (χ0) is 14.1. The second-order valence-electron chi connectivity index (χ2n) is 4.55. The Kier molecular flexibility index (Phi) is 7.15. The molecule has 0 saturated heterocycles. The lowest BCUT2D eigenvalue weighted by atomic mass is 10.2. The SMILES string of the molecule is C=CCN(CCO)c1ccc(CNCCC)c(C)n1. The third-order valence-corrected chi connectivity index (χ3v) is 2.97. The molecule has 0 fully saturated rings. The highest BCUT2D eigenvalue weighted by atomic mass is 16.3. The van der Waals surface area contributed by atoms with Gasteiger partial charge in [0, 0.05) is 25.3 Å². The lowest BCUT2D eigenvalue weighted by Gasteiger charge is -2.22. The first-order valence-electron chi connectivity index (χ1n) is 6.86. The van der Waals surface area contributed by atoms with Crippen molar-refractivity contribution in [2.75, 3.05) is 31.1 Å². The Labute approximate surface area is 116 Å². The summed E-state index contributed by atoms with van der Waals surface area (Å²) >= 11 is 0. The van der Waals surface area contributed by atoms with E-state index >= 15 is 0 Å². The van der Waals surface area contributed by atoms with Crippen LogP contribution in [0.15, 0.2) is 24.8 Å². The molecule has 0 saturated carbocycles. The Bertz CT molecular complexity index is 393. The fraction of sp³-hybridized carbons (Fsp3) is 0.533. The number of aliphatic hydroxyl groups excluding tert-OH is 1. The van der Waals surface area contributed by atoms with Crippen molar-refractivity contribution in [3.05, 3.63) is 36.0 Å². The molecule has 1 aromatic heterocycles. The highest BCUT2D eigenvalue weighted by Crippen LogP contribution is 2.14. The van der Waals surface area contributed by atoms with Crippen molar-refractivity contribution in [3.63, 3.8) is 0 Å². The van der Waals surface area contributed by atoms with E-state index in [0.717, 1.165) is 31.0 Å². The van der Waals surface area contributed by atoms with E-state index in [2.05, 4.69) is 29.9 Å². The Morgan fingerprint density at radius 2 is 2.26 bits per heavy atom. The topological polar surface area (TPSA) is 48.4 Å². The number of hydrogen-bond donors (Lipinski definition) is 2. The van der Waals surface area contributed by atoms with Crippen LogP contribution in [-0.4, -0.2) is 36.3 Å². The maximum atomic E-state index is 9.08. The smallest absolute Gasteiger partial charge is 0.129 e. The van der Waals surface area contributed by atoms with Crippen LogP contribution in [0.2, 0.25) is 0 Å². The van der Waals surface area contributed by atoms with Crippen LogP contribution in [0.1, 0.15) is 24.6 Å². The van der Waals surface area contributed by atoms with Gasteiger partial charge in [-0.1, -0.05) is 19.1 Å². The van der Waals surface area contributed by atoms with Crippen molar-refractivity contribution in [1.29, 1.82) is 0 Å². The molecule has 0 amide bonds. The van der Waals surface area contributed by atoms with E-state index in [1.54, 1.807) is 0 Å². The van der Waals surface area contributed by atoms with E-state index in [0.29, 0.717) is 13.1 Å². The highest BCUT2D eigenvalue weighted by Gasteiger charge is 2.08. The number of aromatic nitrogens is 1. The molecular formula is C15H25N3O. The minimum Gasteiger partial charge on any atom is -0.395 e. The van der Waals surface area contributed by atoms with Crippen LogP contribution in [0.5, 0.6) is 0 Å². The van der Waals surface area contributed by atoms with Crippen LogP contribution in [-0.2, 0) is 6.54 Å². The summed E-state index contributed by atoms with van der Waals surface area (Å²) in [7, 11) is 0. The molecule has 0 bridgehead atoms. The van der Waals surface area contributed by atoms with Gasteiger partial charge in [0.1, 0.15) is 5.82 Å². The average Bonchev–Trinajstić information content (AvgIpc) is 2.40. The Balaban J connectivity index is 2.75. The summed E-state index contributed by atoms with van der Waals surface area (Å²) in [5, 5.41) is 12.5. The lowest BCUT2D eigenvalue weighted by molar-refractivity contribution is 0.302. The summed E-state index contributed by atoms with van der Waals surface area (Å²) in [4.78, 5) is 6.63. The summed E-state index contributed by atoms with van der Waals surface area (Å²) < 4.78 is 0. The number of hydrogen-bond acceptors (Lipinski definition) is 4. The molecular weight excluding hydrogens is 238 g/mol. The van der Waals surface area contributed by atoms with Gasteiger partial charge in [0.05, 0.1) is 6.61 Å². The van der Waals surface area contributed by atoms with E-state index in [1.165, 1.54) is 5.56 Å². The number of nitrogens with zero attached hydrogens (tertiary/aromatic N) is 2. The van der Waals surface area contributed by atoms with E-state index in [9.17, 15) is 0 Å². The van der Waals surface area contributed by atoms with E-state index in [1.807, 2.05) is 24.0 Å². The summed E-state index contributed by atoms with van der Waals surface area (Å²) in [5.41, 5.74) is 2.26. The van der Waals surface area contributed by atoms with Gasteiger partial charge >= 0.3 is 0 Å². The summed E-state index contributed by atoms with van der Waals surface area (Å²) in [6, 6.07) is 4.11. The molecule has 19 heavy (non-hydrogen) atoms. The first-order valence-corrected chi connectivity index (χ1v) is 6.86. The average molecular weight is 263 g/mol. The van der Waals surface area contributed by atoms with Gasteiger partial charge in [-0.15, -0.1) is 6.58 Å². The van der Waals surface area contributed by atoms with Crippen LogP contribution >= 0.6 is 0 Å². The summed E-state index contributed by atoms with van der Waals surface area (Å²) in [5.74, 6) is 0.894. The van der Waals surface area contributed by atoms with Gasteiger partial charge in [-0.2, -0.15) is 0 Å². The molecule has 4 nitrogen and oxygen atoms in total. The minimum absolute atomic E-state index is 0.119. The molecule has 0 aliphatic heterocycles. The molecule has 0 aliphatic rings. The van der Waals surface area contributed by atoms with Crippen molar-refractivity contribution >= 4 is 5.82 Å². The number of pyridine rings is 1. The quantitative estimate of drug-likeness (QED) is 0.527. The van der Waals surface area contributed by atoms with Crippen LogP contribution in [0.3, 0.4) is 0 Å². The molecule has 0 aromatic carbocycles. The van der Waals surface area contributed by atoms with Gasteiger partial charge in [-0.3, -0.25) is 0 Å². The number of nitrogens with one attached hydrogen (secondary N) is 1. The van der Waals surface area contributed by atoms with Gasteiger partial charge in [0.25, 0.3) is 0 Å². The third kappa shape index (κ3) is 5.01. The molecule has 0 radical (unpaired) electrons. The molecule has 0 aliphatic carbocycles. The maximum absolute atomic E-state index is 9.08. The van der Waals surface area contributed by atoms with E-state index in [4.69, 9.17) is 5.11 Å². The highest BCUT2D eigenvalue weighted by molar-refractivity contribution is 5.42. The number of anilines is 1. The zero-order valence-electron chi connectivity index (χ0n) is 12.0. The number of aryl methyl sites for hydroxylation is 1. The molecule has 0 spiro atoms. The molecule has 1 heterocycles. The molecule has 4 heteroatoms. The molecule has 1 rings (SSSR count). The molecule has 0 atom stereocenters. The van der Waals surface area contributed by atoms with Crippen molar-refractivity contribution in [3.8, 4) is 0 Å². The molecule has 1 aromatic rings. The predicted molar refractivity (Wildman–Crippen MR) is 80.5 cm³/mol. The molecule has 2 N–H and O–H groups in total. The predicted octanol–water partition coefficient (Wildman–Crippen LogP) is 1.87. The second-order valence-corrected chi connectivity index (χ2v) is 4.55. The van der Waals surface area contributed by atoms with Crippen molar-refractivity contribution in [1.82, 2.24) is 10.3 Å². The van der Waals surface area contributed by atoms with Gasteiger partial charge in [0.2, 0.25) is 0 Å². The first-order chi connectivity index (χ1) is 9.22. The van der Waals surface area contributed by atoms with Gasteiger partial charge in [-0.05, 0) is 31.5 Å². The number of rotatable bonds is 9. The summed E-state index contributed by atoms with van der Waals surface area (Å²) in [6.07, 6.45) is 2.96. The normalized spacial score (nSPS) is 10.5. The molecule has 106 valence electrons. The van der Waals surface area contributed by atoms with Gasteiger partial charge in [0.15, 0.2) is 0 Å². The van der Waals surface area contributed by atoms with Gasteiger partial charge < -0.3 is 15.3 Å². The lowest BCUT2D eigenvalue weighted by Crippen LogP contribution is -2.28. The standard InChI is InChI=1S/C15H25N3O/c1-4-8-16-12-14-6-7-15(17-13(14)3)18(9-5-2)10-11-19/h5-7,16,19H,2,4,8-12H2,1,3H3.